The predicted molar refractivity (Wildman–Crippen MR) is 90.4 cm³/mol. The Balaban J connectivity index is 2.13. The number of nitrogens with one attached hydrogen (secondary N) is 1. The van der Waals surface area contributed by atoms with Crippen molar-refractivity contribution in [3.8, 4) is 11.3 Å². The Hall–Kier alpha value is -2.05. The number of nitrogens with zero attached hydrogens (tertiary/aromatic N) is 2. The van der Waals surface area contributed by atoms with Gasteiger partial charge in [0.25, 0.3) is 0 Å². The van der Waals surface area contributed by atoms with Crippen LogP contribution in [0.5, 0.6) is 0 Å². The fourth-order valence-corrected chi connectivity index (χ4v) is 2.20. The maximum Gasteiger partial charge on any atom is 0.238 e. The Morgan fingerprint density at radius 2 is 1.92 bits per heavy atom. The minimum absolute atomic E-state index is 0.490. The highest BCUT2D eigenvalue weighted by atomic mass is 35.5. The Morgan fingerprint density at radius 3 is 2.42 bits per heavy atom. The first-order valence-corrected chi connectivity index (χ1v) is 7.95. The first-order chi connectivity index (χ1) is 11.4. The van der Waals surface area contributed by atoms with Crippen LogP contribution in [0.3, 0.4) is 0 Å². The van der Waals surface area contributed by atoms with Crippen LogP contribution in [0, 0.1) is 6.92 Å². The summed E-state index contributed by atoms with van der Waals surface area (Å²) < 4.78 is 13.2. The van der Waals surface area contributed by atoms with E-state index < -0.39 is 30.1 Å². The normalized spacial score (nSPS) is 14.7. The number of aliphatic hydroxyl groups is 1. The van der Waals surface area contributed by atoms with E-state index in [1.165, 1.54) is 6.92 Å². The molecule has 3 atom stereocenters. The zero-order valence-corrected chi connectivity index (χ0v) is 14.2. The quantitative estimate of drug-likeness (QED) is 0.784. The molecule has 5 nitrogen and oxygen atoms in total. The van der Waals surface area contributed by atoms with Gasteiger partial charge in [-0.1, -0.05) is 24.3 Å². The molecule has 0 aliphatic rings. The van der Waals surface area contributed by atoms with Crippen molar-refractivity contribution in [1.82, 2.24) is 15.5 Å². The van der Waals surface area contributed by atoms with Crippen LogP contribution >= 0.6 is 11.6 Å². The highest BCUT2D eigenvalue weighted by Gasteiger charge is 2.24. The van der Waals surface area contributed by atoms with Crippen LogP contribution in [0.25, 0.3) is 11.3 Å². The first-order valence-electron chi connectivity index (χ1n) is 7.51. The number of aryl methyl sites for hydroxylation is 1. The molecule has 3 unspecified atom stereocenters. The summed E-state index contributed by atoms with van der Waals surface area (Å²) in [6, 6.07) is 9.51. The first kappa shape index (κ1) is 18.3. The zero-order valence-electron chi connectivity index (χ0n) is 13.4. The molecule has 24 heavy (non-hydrogen) atoms. The summed E-state index contributed by atoms with van der Waals surface area (Å²) in [5.74, 6) is -0.523. The molecule has 1 aromatic heterocycles. The Labute approximate surface area is 144 Å². The second-order valence-electron chi connectivity index (χ2n) is 5.51. The van der Waals surface area contributed by atoms with Gasteiger partial charge >= 0.3 is 0 Å². The molecule has 1 aromatic carbocycles. The molecule has 0 bridgehead atoms. The van der Waals surface area contributed by atoms with Gasteiger partial charge in [-0.25, -0.2) is 4.39 Å². The summed E-state index contributed by atoms with van der Waals surface area (Å²) in [7, 11) is 0. The number of benzene rings is 1. The average molecular weight is 352 g/mol. The zero-order chi connectivity index (χ0) is 17.7. The molecule has 128 valence electrons. The monoisotopic (exact) mass is 351 g/mol. The fraction of sp³-hybridized carbons (Fsp3) is 0.353. The van der Waals surface area contributed by atoms with E-state index >= 15 is 0 Å². The number of amides is 1. The molecule has 0 saturated carbocycles. The number of carbonyl (C=O) groups excluding carboxylic acids is 1. The van der Waals surface area contributed by atoms with Crippen LogP contribution in [0.2, 0.25) is 0 Å². The minimum Gasteiger partial charge on any atom is -0.386 e. The van der Waals surface area contributed by atoms with Crippen molar-refractivity contribution in [2.75, 3.05) is 6.67 Å². The van der Waals surface area contributed by atoms with E-state index in [0.717, 1.165) is 11.3 Å². The molecular formula is C17H19ClFN3O2. The molecule has 0 fully saturated rings. The number of rotatable bonds is 6. The Bertz CT molecular complexity index is 677. The van der Waals surface area contributed by atoms with E-state index in [1.807, 2.05) is 19.1 Å². The van der Waals surface area contributed by atoms with Crippen LogP contribution in [-0.4, -0.2) is 39.3 Å². The van der Waals surface area contributed by atoms with Crippen molar-refractivity contribution in [2.24, 2.45) is 0 Å². The summed E-state index contributed by atoms with van der Waals surface area (Å²) in [5.41, 5.74) is 2.84. The van der Waals surface area contributed by atoms with Crippen LogP contribution < -0.4 is 5.32 Å². The summed E-state index contributed by atoms with van der Waals surface area (Å²) >= 11 is 5.65. The number of aromatic nitrogens is 2. The summed E-state index contributed by atoms with van der Waals surface area (Å²) in [5, 5.41) is 20.0. The molecular weight excluding hydrogens is 333 g/mol. The smallest absolute Gasteiger partial charge is 0.238 e. The summed E-state index contributed by atoms with van der Waals surface area (Å²) in [6.45, 7) is 2.43. The van der Waals surface area contributed by atoms with Gasteiger partial charge < -0.3 is 10.4 Å². The van der Waals surface area contributed by atoms with Gasteiger partial charge in [0.05, 0.1) is 17.4 Å². The van der Waals surface area contributed by atoms with E-state index in [0.29, 0.717) is 11.3 Å². The van der Waals surface area contributed by atoms with Crippen LogP contribution in [-0.2, 0) is 4.79 Å². The second-order valence-corrected chi connectivity index (χ2v) is 6.17. The van der Waals surface area contributed by atoms with E-state index in [9.17, 15) is 14.3 Å². The molecule has 0 radical (unpaired) electrons. The SMILES string of the molecule is Cc1ccc(-c2ccc(C(O)C(CF)NC(=O)C(C)Cl)cc2)nn1. The molecule has 0 spiro atoms. The van der Waals surface area contributed by atoms with Crippen molar-refractivity contribution in [2.45, 2.75) is 31.4 Å². The lowest BCUT2D eigenvalue weighted by atomic mass is 10.0. The number of aliphatic hydroxyl groups excluding tert-OH is 1. The van der Waals surface area contributed by atoms with Gasteiger partial charge in [-0.15, -0.1) is 11.6 Å². The molecule has 2 N–H and O–H groups in total. The molecule has 0 saturated heterocycles. The lowest BCUT2D eigenvalue weighted by Gasteiger charge is -2.22. The third kappa shape index (κ3) is 4.49. The van der Waals surface area contributed by atoms with Crippen molar-refractivity contribution < 1.29 is 14.3 Å². The van der Waals surface area contributed by atoms with Gasteiger partial charge in [0.1, 0.15) is 18.2 Å². The van der Waals surface area contributed by atoms with Crippen molar-refractivity contribution in [1.29, 1.82) is 0 Å². The van der Waals surface area contributed by atoms with Crippen molar-refractivity contribution in [3.05, 3.63) is 47.7 Å². The van der Waals surface area contributed by atoms with Gasteiger partial charge in [-0.05, 0) is 31.5 Å². The number of carbonyl (C=O) groups is 1. The summed E-state index contributed by atoms with van der Waals surface area (Å²) in [4.78, 5) is 11.6. The van der Waals surface area contributed by atoms with E-state index in [4.69, 9.17) is 11.6 Å². The largest absolute Gasteiger partial charge is 0.386 e. The van der Waals surface area contributed by atoms with Crippen LogP contribution in [0.4, 0.5) is 4.39 Å². The third-order valence-corrected chi connectivity index (χ3v) is 3.78. The minimum atomic E-state index is -1.17. The van der Waals surface area contributed by atoms with Gasteiger partial charge in [-0.2, -0.15) is 10.2 Å². The van der Waals surface area contributed by atoms with Crippen molar-refractivity contribution >= 4 is 17.5 Å². The predicted octanol–water partition coefficient (Wildman–Crippen LogP) is 2.57. The Morgan fingerprint density at radius 1 is 1.25 bits per heavy atom. The van der Waals surface area contributed by atoms with Crippen LogP contribution in [0.1, 0.15) is 24.3 Å². The maximum atomic E-state index is 13.2. The molecule has 7 heteroatoms. The molecule has 1 heterocycles. The van der Waals surface area contributed by atoms with Crippen LogP contribution in [0.15, 0.2) is 36.4 Å². The van der Waals surface area contributed by atoms with Gasteiger partial charge in [0.2, 0.25) is 5.91 Å². The van der Waals surface area contributed by atoms with E-state index in [1.54, 1.807) is 24.3 Å². The number of alkyl halides is 2. The molecule has 2 rings (SSSR count). The molecule has 2 aromatic rings. The maximum absolute atomic E-state index is 13.2. The molecule has 1 amide bonds. The molecule has 0 aliphatic carbocycles. The summed E-state index contributed by atoms with van der Waals surface area (Å²) in [6.07, 6.45) is -1.17. The average Bonchev–Trinajstić information content (AvgIpc) is 2.59. The van der Waals surface area contributed by atoms with E-state index in [-0.39, 0.29) is 0 Å². The lowest BCUT2D eigenvalue weighted by Crippen LogP contribution is -2.43. The fourth-order valence-electron chi connectivity index (χ4n) is 2.14. The lowest BCUT2D eigenvalue weighted by molar-refractivity contribution is -0.122. The third-order valence-electron chi connectivity index (χ3n) is 3.58. The van der Waals surface area contributed by atoms with Gasteiger partial charge in [-0.3, -0.25) is 4.79 Å². The van der Waals surface area contributed by atoms with Gasteiger partial charge in [0.15, 0.2) is 0 Å². The molecule has 0 aliphatic heterocycles. The number of hydrogen-bond donors (Lipinski definition) is 2. The topological polar surface area (TPSA) is 75.1 Å². The Kier molecular flexibility index (Phi) is 6.23. The van der Waals surface area contributed by atoms with Crippen molar-refractivity contribution in [3.63, 3.8) is 0 Å². The standard InChI is InChI=1S/C17H19ClFN3O2/c1-10-3-8-14(22-21-10)12-4-6-13(7-5-12)16(23)15(9-19)20-17(24)11(2)18/h3-8,11,15-16,23H,9H2,1-2H3,(H,20,24). The number of hydrogen-bond acceptors (Lipinski definition) is 4. The van der Waals surface area contributed by atoms with E-state index in [2.05, 4.69) is 15.5 Å². The van der Waals surface area contributed by atoms with Gasteiger partial charge in [0, 0.05) is 5.56 Å². The number of halogens is 2. The highest BCUT2D eigenvalue weighted by Crippen LogP contribution is 2.22. The second kappa shape index (κ2) is 8.17. The highest BCUT2D eigenvalue weighted by molar-refractivity contribution is 6.30.